The third-order valence-electron chi connectivity index (χ3n) is 3.67. The summed E-state index contributed by atoms with van der Waals surface area (Å²) in [6.45, 7) is 7.11. The van der Waals surface area contributed by atoms with E-state index in [1.54, 1.807) is 20.8 Å². The van der Waals surface area contributed by atoms with Gasteiger partial charge in [0.2, 0.25) is 0 Å². The van der Waals surface area contributed by atoms with Crippen molar-refractivity contribution in [3.63, 3.8) is 0 Å². The fourth-order valence-corrected chi connectivity index (χ4v) is 2.47. The predicted molar refractivity (Wildman–Crippen MR) is 85.6 cm³/mol. The number of ether oxygens (including phenoxy) is 2. The summed E-state index contributed by atoms with van der Waals surface area (Å²) in [5.41, 5.74) is -1.79. The highest BCUT2D eigenvalue weighted by molar-refractivity contribution is 5.90. The molecule has 0 spiro atoms. The second kappa shape index (κ2) is 7.13. The van der Waals surface area contributed by atoms with Crippen LogP contribution in [0.25, 0.3) is 0 Å². The third kappa shape index (κ3) is 5.09. The van der Waals surface area contributed by atoms with Crippen molar-refractivity contribution in [2.45, 2.75) is 52.0 Å². The van der Waals surface area contributed by atoms with Crippen molar-refractivity contribution in [3.05, 3.63) is 29.1 Å². The van der Waals surface area contributed by atoms with E-state index in [0.29, 0.717) is 13.0 Å². The van der Waals surface area contributed by atoms with Crippen LogP contribution in [0.15, 0.2) is 12.1 Å². The van der Waals surface area contributed by atoms with Gasteiger partial charge in [-0.1, -0.05) is 0 Å². The number of halogens is 3. The molecule has 1 amide bonds. The van der Waals surface area contributed by atoms with Crippen LogP contribution in [-0.4, -0.2) is 46.7 Å². The van der Waals surface area contributed by atoms with Crippen molar-refractivity contribution in [1.82, 2.24) is 9.88 Å². The Hall–Kier alpha value is -2.32. The van der Waals surface area contributed by atoms with Gasteiger partial charge in [0.25, 0.3) is 0 Å². The Kier molecular flexibility index (Phi) is 5.48. The molecule has 1 aromatic heterocycles. The first-order chi connectivity index (χ1) is 11.9. The van der Waals surface area contributed by atoms with Gasteiger partial charge in [0.1, 0.15) is 17.4 Å². The monoisotopic (exact) mass is 374 g/mol. The average molecular weight is 374 g/mol. The number of amides is 1. The summed E-state index contributed by atoms with van der Waals surface area (Å²) in [6, 6.07) is 1.79. The maximum atomic E-state index is 12.6. The maximum Gasteiger partial charge on any atom is 0.433 e. The standard InChI is InChI=1S/C17H21F3N2O4/c1-10-12(5-6-13(21-10)17(18,19)20)14(23)25-11-7-8-22(9-11)15(24)26-16(2,3)4/h5-6,11H,7-9H2,1-4H3/t11-/m0/s1. The van der Waals surface area contributed by atoms with Crippen molar-refractivity contribution in [3.8, 4) is 0 Å². The minimum Gasteiger partial charge on any atom is -0.457 e. The van der Waals surface area contributed by atoms with Crippen LogP contribution in [0.3, 0.4) is 0 Å². The Balaban J connectivity index is 1.98. The summed E-state index contributed by atoms with van der Waals surface area (Å²) in [5.74, 6) is -0.764. The van der Waals surface area contributed by atoms with E-state index in [1.807, 2.05) is 0 Å². The highest BCUT2D eigenvalue weighted by Crippen LogP contribution is 2.28. The molecule has 0 aliphatic carbocycles. The Morgan fingerprint density at radius 2 is 1.88 bits per heavy atom. The number of carbonyl (C=O) groups is 2. The molecule has 1 aromatic rings. The molecule has 6 nitrogen and oxygen atoms in total. The van der Waals surface area contributed by atoms with Gasteiger partial charge in [-0.2, -0.15) is 13.2 Å². The molecule has 0 unspecified atom stereocenters. The topological polar surface area (TPSA) is 68.7 Å². The Morgan fingerprint density at radius 1 is 1.23 bits per heavy atom. The van der Waals surface area contributed by atoms with Crippen LogP contribution in [0.1, 0.15) is 48.9 Å². The first-order valence-corrected chi connectivity index (χ1v) is 8.10. The second-order valence-corrected chi connectivity index (χ2v) is 7.07. The minimum absolute atomic E-state index is 0.0336. The highest BCUT2D eigenvalue weighted by atomic mass is 19.4. The number of esters is 1. The zero-order valence-electron chi connectivity index (χ0n) is 15.0. The van der Waals surface area contributed by atoms with Crippen LogP contribution >= 0.6 is 0 Å². The summed E-state index contributed by atoms with van der Waals surface area (Å²) in [7, 11) is 0. The molecule has 2 rings (SSSR count). The lowest BCUT2D eigenvalue weighted by molar-refractivity contribution is -0.141. The average Bonchev–Trinajstić information content (AvgIpc) is 2.92. The fourth-order valence-electron chi connectivity index (χ4n) is 2.47. The third-order valence-corrected chi connectivity index (χ3v) is 3.67. The number of aromatic nitrogens is 1. The van der Waals surface area contributed by atoms with Crippen LogP contribution in [-0.2, 0) is 15.7 Å². The van der Waals surface area contributed by atoms with Gasteiger partial charge in [-0.25, -0.2) is 14.6 Å². The summed E-state index contributed by atoms with van der Waals surface area (Å²) in [5, 5.41) is 0. The SMILES string of the molecule is Cc1nc(C(F)(F)F)ccc1C(=O)O[C@H]1CCN(C(=O)OC(C)(C)C)C1. The molecule has 26 heavy (non-hydrogen) atoms. The van der Waals surface area contributed by atoms with Crippen molar-refractivity contribution in [2.24, 2.45) is 0 Å². The van der Waals surface area contributed by atoms with E-state index in [1.165, 1.54) is 11.8 Å². The summed E-state index contributed by atoms with van der Waals surface area (Å²) in [4.78, 5) is 29.0. The number of likely N-dealkylation sites (tertiary alicyclic amines) is 1. The molecule has 144 valence electrons. The van der Waals surface area contributed by atoms with Crippen molar-refractivity contribution in [2.75, 3.05) is 13.1 Å². The van der Waals surface area contributed by atoms with E-state index >= 15 is 0 Å². The van der Waals surface area contributed by atoms with Gasteiger partial charge in [0.15, 0.2) is 0 Å². The number of carbonyl (C=O) groups excluding carboxylic acids is 2. The number of rotatable bonds is 2. The quantitative estimate of drug-likeness (QED) is 0.740. The Labute approximate surface area is 149 Å². The number of aryl methyl sites for hydroxylation is 1. The van der Waals surface area contributed by atoms with Crippen molar-refractivity contribution in [1.29, 1.82) is 0 Å². The molecule has 1 saturated heterocycles. The van der Waals surface area contributed by atoms with Gasteiger partial charge in [-0.05, 0) is 39.8 Å². The normalized spacial score (nSPS) is 18.0. The van der Waals surface area contributed by atoms with E-state index in [4.69, 9.17) is 9.47 Å². The van der Waals surface area contributed by atoms with E-state index in [2.05, 4.69) is 4.98 Å². The Morgan fingerprint density at radius 3 is 2.42 bits per heavy atom. The smallest absolute Gasteiger partial charge is 0.433 e. The van der Waals surface area contributed by atoms with Crippen molar-refractivity contribution < 1.29 is 32.2 Å². The molecule has 1 atom stereocenters. The number of hydrogen-bond acceptors (Lipinski definition) is 5. The molecule has 1 aliphatic heterocycles. The molecular weight excluding hydrogens is 353 g/mol. The van der Waals surface area contributed by atoms with E-state index in [9.17, 15) is 22.8 Å². The van der Waals surface area contributed by atoms with Gasteiger partial charge in [0, 0.05) is 13.0 Å². The lowest BCUT2D eigenvalue weighted by Gasteiger charge is -2.24. The van der Waals surface area contributed by atoms with E-state index < -0.39 is 35.6 Å². The number of pyridine rings is 1. The molecule has 1 aliphatic rings. The van der Waals surface area contributed by atoms with Gasteiger partial charge >= 0.3 is 18.2 Å². The second-order valence-electron chi connectivity index (χ2n) is 7.07. The first-order valence-electron chi connectivity index (χ1n) is 8.10. The van der Waals surface area contributed by atoms with Crippen LogP contribution in [0.4, 0.5) is 18.0 Å². The number of hydrogen-bond donors (Lipinski definition) is 0. The molecule has 0 radical (unpaired) electrons. The van der Waals surface area contributed by atoms with Crippen LogP contribution < -0.4 is 0 Å². The van der Waals surface area contributed by atoms with Gasteiger partial charge in [-0.3, -0.25) is 0 Å². The summed E-state index contributed by atoms with van der Waals surface area (Å²) < 4.78 is 48.5. The highest BCUT2D eigenvalue weighted by Gasteiger charge is 2.34. The molecule has 9 heteroatoms. The zero-order valence-corrected chi connectivity index (χ0v) is 15.0. The lowest BCUT2D eigenvalue weighted by Crippen LogP contribution is -2.36. The van der Waals surface area contributed by atoms with Crippen LogP contribution in [0.2, 0.25) is 0 Å². The van der Waals surface area contributed by atoms with Crippen molar-refractivity contribution >= 4 is 12.1 Å². The molecule has 0 aromatic carbocycles. The number of nitrogens with zero attached hydrogens (tertiary/aromatic N) is 2. The zero-order chi connectivity index (χ0) is 19.7. The molecular formula is C17H21F3N2O4. The van der Waals surface area contributed by atoms with Gasteiger partial charge in [-0.15, -0.1) is 0 Å². The van der Waals surface area contributed by atoms with E-state index in [-0.39, 0.29) is 17.8 Å². The molecule has 0 saturated carbocycles. The van der Waals surface area contributed by atoms with Crippen LogP contribution in [0, 0.1) is 6.92 Å². The summed E-state index contributed by atoms with van der Waals surface area (Å²) >= 11 is 0. The number of alkyl halides is 3. The van der Waals surface area contributed by atoms with Gasteiger partial charge in [0.05, 0.1) is 17.8 Å². The molecule has 0 N–H and O–H groups in total. The first kappa shape index (κ1) is 20.0. The van der Waals surface area contributed by atoms with E-state index in [0.717, 1.165) is 12.1 Å². The summed E-state index contributed by atoms with van der Waals surface area (Å²) in [6.07, 6.45) is -5.19. The molecule has 1 fully saturated rings. The maximum absolute atomic E-state index is 12.6. The minimum atomic E-state index is -4.58. The lowest BCUT2D eigenvalue weighted by atomic mass is 10.2. The van der Waals surface area contributed by atoms with Gasteiger partial charge < -0.3 is 14.4 Å². The molecule has 0 bridgehead atoms. The molecule has 2 heterocycles. The Bertz CT molecular complexity index is 698. The fraction of sp³-hybridized carbons (Fsp3) is 0.588. The largest absolute Gasteiger partial charge is 0.457 e. The predicted octanol–water partition coefficient (Wildman–Crippen LogP) is 3.58. The van der Waals surface area contributed by atoms with Crippen LogP contribution in [0.5, 0.6) is 0 Å².